The number of carbonyl (C=O) groups excluding carboxylic acids is 3. The van der Waals surface area contributed by atoms with Crippen LogP contribution in [-0.2, 0) is 28.8 Å². The van der Waals surface area contributed by atoms with Crippen LogP contribution < -0.4 is 11.1 Å². The van der Waals surface area contributed by atoms with E-state index < -0.39 is 24.4 Å². The molecule has 2 amide bonds. The molecule has 3 rings (SSSR count). The van der Waals surface area contributed by atoms with E-state index in [4.69, 9.17) is 10.5 Å². The highest BCUT2D eigenvalue weighted by atomic mass is 32.1. The number of aryl methyl sites for hydroxylation is 2. The second-order valence-electron chi connectivity index (χ2n) is 6.45. The normalized spacial score (nSPS) is 12.9. The number of anilines is 1. The zero-order valence-corrected chi connectivity index (χ0v) is 16.0. The Morgan fingerprint density at radius 3 is 2.52 bits per heavy atom. The van der Waals surface area contributed by atoms with Gasteiger partial charge in [0.25, 0.3) is 11.8 Å². The van der Waals surface area contributed by atoms with E-state index in [1.807, 2.05) is 19.1 Å². The van der Waals surface area contributed by atoms with E-state index in [1.165, 1.54) is 11.3 Å². The number of rotatable bonds is 6. The van der Waals surface area contributed by atoms with Gasteiger partial charge in [-0.25, -0.2) is 4.79 Å². The van der Waals surface area contributed by atoms with Gasteiger partial charge in [0.15, 0.2) is 6.61 Å². The fraction of sp³-hybridized carbons (Fsp3) is 0.350. The average molecular weight is 386 g/mol. The van der Waals surface area contributed by atoms with Crippen LogP contribution in [0, 0.1) is 0 Å². The van der Waals surface area contributed by atoms with Crippen LogP contribution in [0.5, 0.6) is 0 Å². The third-order valence-corrected chi connectivity index (χ3v) is 5.81. The minimum atomic E-state index is -0.562. The monoisotopic (exact) mass is 386 g/mol. The van der Waals surface area contributed by atoms with Crippen LogP contribution in [0.4, 0.5) is 5.00 Å². The predicted molar refractivity (Wildman–Crippen MR) is 104 cm³/mol. The highest BCUT2D eigenvalue weighted by Gasteiger charge is 2.25. The molecule has 0 aliphatic heterocycles. The summed E-state index contributed by atoms with van der Waals surface area (Å²) >= 11 is 1.38. The van der Waals surface area contributed by atoms with E-state index in [2.05, 4.69) is 5.32 Å². The van der Waals surface area contributed by atoms with Gasteiger partial charge in [0, 0.05) is 4.88 Å². The van der Waals surface area contributed by atoms with Gasteiger partial charge in [0.05, 0.1) is 11.1 Å². The second-order valence-corrected chi connectivity index (χ2v) is 7.56. The van der Waals surface area contributed by atoms with E-state index in [-0.39, 0.29) is 0 Å². The molecule has 7 heteroatoms. The topological polar surface area (TPSA) is 98.5 Å². The van der Waals surface area contributed by atoms with E-state index in [0.29, 0.717) is 16.1 Å². The predicted octanol–water partition coefficient (Wildman–Crippen LogP) is 3.08. The minimum Gasteiger partial charge on any atom is -0.452 e. The smallest absolute Gasteiger partial charge is 0.338 e. The van der Waals surface area contributed by atoms with E-state index in [9.17, 15) is 14.4 Å². The number of benzene rings is 1. The van der Waals surface area contributed by atoms with Crippen LogP contribution in [0.1, 0.15) is 56.5 Å². The van der Waals surface area contributed by atoms with Crippen molar-refractivity contribution < 1.29 is 19.1 Å². The Balaban J connectivity index is 1.63. The highest BCUT2D eigenvalue weighted by molar-refractivity contribution is 7.17. The molecule has 0 saturated carbocycles. The Morgan fingerprint density at radius 1 is 1.15 bits per heavy atom. The summed E-state index contributed by atoms with van der Waals surface area (Å²) in [5.74, 6) is -1.60. The number of nitrogens with two attached hydrogens (primary N) is 1. The van der Waals surface area contributed by atoms with Gasteiger partial charge in [-0.1, -0.05) is 19.1 Å². The number of nitrogens with one attached hydrogen (secondary N) is 1. The van der Waals surface area contributed by atoms with Gasteiger partial charge in [-0.2, -0.15) is 0 Å². The van der Waals surface area contributed by atoms with Crippen LogP contribution in [-0.4, -0.2) is 24.4 Å². The van der Waals surface area contributed by atoms with Crippen molar-refractivity contribution in [1.82, 2.24) is 0 Å². The molecule has 1 aliphatic rings. The summed E-state index contributed by atoms with van der Waals surface area (Å²) in [4.78, 5) is 37.2. The Bertz CT molecular complexity index is 871. The number of thiophene rings is 1. The van der Waals surface area contributed by atoms with Crippen LogP contribution in [0.25, 0.3) is 0 Å². The molecule has 142 valence electrons. The lowest BCUT2D eigenvalue weighted by molar-refractivity contribution is -0.119. The number of hydrogen-bond donors (Lipinski definition) is 2. The summed E-state index contributed by atoms with van der Waals surface area (Å²) in [6.07, 6.45) is 4.63. The van der Waals surface area contributed by atoms with E-state index in [1.54, 1.807) is 12.1 Å². The van der Waals surface area contributed by atoms with E-state index >= 15 is 0 Å². The van der Waals surface area contributed by atoms with Crippen molar-refractivity contribution in [3.8, 4) is 0 Å². The minimum absolute atomic E-state index is 0.393. The lowest BCUT2D eigenvalue weighted by atomic mass is 9.95. The molecule has 1 aromatic carbocycles. The zero-order chi connectivity index (χ0) is 19.4. The van der Waals surface area contributed by atoms with Crippen LogP contribution in [0.3, 0.4) is 0 Å². The zero-order valence-electron chi connectivity index (χ0n) is 15.2. The first kappa shape index (κ1) is 19.1. The number of ether oxygens (including phenoxy) is 1. The number of primary amides is 1. The Kier molecular flexibility index (Phi) is 5.91. The van der Waals surface area contributed by atoms with Crippen molar-refractivity contribution >= 4 is 34.1 Å². The lowest BCUT2D eigenvalue weighted by Crippen LogP contribution is -2.23. The summed E-state index contributed by atoms with van der Waals surface area (Å²) in [5.41, 5.74) is 8.36. The first-order valence-electron chi connectivity index (χ1n) is 8.99. The lowest BCUT2D eigenvalue weighted by Gasteiger charge is -2.11. The molecule has 27 heavy (non-hydrogen) atoms. The van der Waals surface area contributed by atoms with Gasteiger partial charge in [0.1, 0.15) is 5.00 Å². The molecule has 0 spiro atoms. The highest BCUT2D eigenvalue weighted by Crippen LogP contribution is 2.37. The molecule has 0 radical (unpaired) electrons. The molecule has 6 nitrogen and oxygen atoms in total. The molecular formula is C20H22N2O4S. The van der Waals surface area contributed by atoms with Gasteiger partial charge < -0.3 is 15.8 Å². The molecule has 0 bridgehead atoms. The van der Waals surface area contributed by atoms with Crippen molar-refractivity contribution in [2.24, 2.45) is 5.73 Å². The summed E-state index contributed by atoms with van der Waals surface area (Å²) in [5, 5.41) is 3.12. The molecule has 0 unspecified atom stereocenters. The molecule has 1 aromatic heterocycles. The number of hydrogen-bond acceptors (Lipinski definition) is 5. The van der Waals surface area contributed by atoms with Gasteiger partial charge in [0.2, 0.25) is 0 Å². The Hall–Kier alpha value is -2.67. The third-order valence-electron chi connectivity index (χ3n) is 4.60. The number of amides is 2. The second kappa shape index (κ2) is 8.35. The Morgan fingerprint density at radius 2 is 1.85 bits per heavy atom. The summed E-state index contributed by atoms with van der Waals surface area (Å²) in [6.45, 7) is 1.61. The van der Waals surface area contributed by atoms with Crippen LogP contribution in [0.15, 0.2) is 24.3 Å². The SMILES string of the molecule is CCc1ccc(C(=O)OCC(=O)Nc2sc3c(c2C(N)=O)CCCC3)cc1. The van der Waals surface area contributed by atoms with Crippen molar-refractivity contribution in [3.05, 3.63) is 51.4 Å². The maximum atomic E-state index is 12.2. The van der Waals surface area contributed by atoms with Gasteiger partial charge >= 0.3 is 5.97 Å². The maximum absolute atomic E-state index is 12.2. The number of carbonyl (C=O) groups is 3. The van der Waals surface area contributed by atoms with Gasteiger partial charge in [-0.05, 0) is 55.4 Å². The first-order chi connectivity index (χ1) is 13.0. The fourth-order valence-corrected chi connectivity index (χ4v) is 4.48. The van der Waals surface area contributed by atoms with Crippen molar-refractivity contribution in [1.29, 1.82) is 0 Å². The standard InChI is InChI=1S/C20H22N2O4S/c1-2-12-7-9-13(10-8-12)20(25)26-11-16(23)22-19-17(18(21)24)14-5-3-4-6-15(14)27-19/h7-10H,2-6,11H2,1H3,(H2,21,24)(H,22,23). The Labute approximate surface area is 161 Å². The first-order valence-corrected chi connectivity index (χ1v) is 9.81. The van der Waals surface area contributed by atoms with Crippen molar-refractivity contribution in [2.75, 3.05) is 11.9 Å². The number of esters is 1. The molecule has 2 aromatic rings. The maximum Gasteiger partial charge on any atom is 0.338 e. The van der Waals surface area contributed by atoms with E-state index in [0.717, 1.165) is 48.1 Å². The molecule has 3 N–H and O–H groups in total. The van der Waals surface area contributed by atoms with Crippen molar-refractivity contribution in [2.45, 2.75) is 39.0 Å². The van der Waals surface area contributed by atoms with Crippen molar-refractivity contribution in [3.63, 3.8) is 0 Å². The average Bonchev–Trinajstić information content (AvgIpc) is 3.04. The molecule has 0 saturated heterocycles. The molecule has 0 atom stereocenters. The molecule has 0 fully saturated rings. The molecule has 1 heterocycles. The molecule has 1 aliphatic carbocycles. The van der Waals surface area contributed by atoms with Gasteiger partial charge in [-0.3, -0.25) is 9.59 Å². The quantitative estimate of drug-likeness (QED) is 0.745. The summed E-state index contributed by atoms with van der Waals surface area (Å²) in [7, 11) is 0. The van der Waals surface area contributed by atoms with Crippen LogP contribution >= 0.6 is 11.3 Å². The fourth-order valence-electron chi connectivity index (χ4n) is 3.17. The third kappa shape index (κ3) is 4.36. The van der Waals surface area contributed by atoms with Gasteiger partial charge in [-0.15, -0.1) is 11.3 Å². The number of fused-ring (bicyclic) bond motifs is 1. The largest absolute Gasteiger partial charge is 0.452 e. The van der Waals surface area contributed by atoms with Crippen LogP contribution in [0.2, 0.25) is 0 Å². The summed E-state index contributed by atoms with van der Waals surface area (Å²) < 4.78 is 5.08. The molecular weight excluding hydrogens is 364 g/mol. The summed E-state index contributed by atoms with van der Waals surface area (Å²) in [6, 6.07) is 7.06.